The molecule has 0 saturated carbocycles. The molecule has 0 radical (unpaired) electrons. The summed E-state index contributed by atoms with van der Waals surface area (Å²) in [6.45, 7) is 3.51. The first kappa shape index (κ1) is 17.8. The summed E-state index contributed by atoms with van der Waals surface area (Å²) in [5, 5.41) is 9.28. The van der Waals surface area contributed by atoms with Gasteiger partial charge in [-0.15, -0.1) is 10.2 Å². The summed E-state index contributed by atoms with van der Waals surface area (Å²) in [5.74, 6) is 0.654. The summed E-state index contributed by atoms with van der Waals surface area (Å²) >= 11 is 6.02. The molecule has 1 aromatic heterocycles. The number of likely N-dealkylation sites (N-methyl/N-ethyl adjacent to an activating group) is 1. The Kier molecular flexibility index (Phi) is 5.01. The van der Waals surface area contributed by atoms with Crippen molar-refractivity contribution < 1.29 is 4.39 Å². The molecule has 2 aromatic carbocycles. The van der Waals surface area contributed by atoms with Crippen LogP contribution in [0.5, 0.6) is 0 Å². The van der Waals surface area contributed by atoms with Gasteiger partial charge in [0.25, 0.3) is 0 Å². The van der Waals surface area contributed by atoms with Gasteiger partial charge in [-0.3, -0.25) is 0 Å². The van der Waals surface area contributed by atoms with E-state index in [4.69, 9.17) is 16.6 Å². The van der Waals surface area contributed by atoms with Gasteiger partial charge in [-0.1, -0.05) is 35.9 Å². The lowest BCUT2D eigenvalue weighted by Gasteiger charge is -2.34. The molecule has 2 heterocycles. The van der Waals surface area contributed by atoms with E-state index in [0.29, 0.717) is 22.1 Å². The van der Waals surface area contributed by atoms with Crippen molar-refractivity contribution in [2.75, 3.05) is 38.1 Å². The number of hydrogen-bond acceptors (Lipinski definition) is 5. The fourth-order valence-electron chi connectivity index (χ4n) is 3.11. The van der Waals surface area contributed by atoms with Crippen molar-refractivity contribution in [3.63, 3.8) is 0 Å². The molecule has 3 aromatic rings. The van der Waals surface area contributed by atoms with Crippen LogP contribution < -0.4 is 4.90 Å². The van der Waals surface area contributed by atoms with Crippen LogP contribution in [0.3, 0.4) is 0 Å². The average molecular weight is 384 g/mol. The average Bonchev–Trinajstić information content (AvgIpc) is 2.69. The van der Waals surface area contributed by atoms with Crippen LogP contribution in [0.4, 0.5) is 10.2 Å². The van der Waals surface area contributed by atoms with Gasteiger partial charge < -0.3 is 9.80 Å². The molecule has 0 aliphatic carbocycles. The minimum atomic E-state index is -0.358. The van der Waals surface area contributed by atoms with Crippen molar-refractivity contribution in [2.24, 2.45) is 0 Å². The fourth-order valence-corrected chi connectivity index (χ4v) is 3.23. The van der Waals surface area contributed by atoms with Crippen LogP contribution in [0, 0.1) is 5.82 Å². The lowest BCUT2D eigenvalue weighted by Crippen LogP contribution is -2.45. The molecule has 1 saturated heterocycles. The molecule has 138 valence electrons. The Labute approximate surface area is 162 Å². The van der Waals surface area contributed by atoms with Crippen LogP contribution in [0.2, 0.25) is 5.02 Å². The number of hydrogen-bond donors (Lipinski definition) is 0. The van der Waals surface area contributed by atoms with Gasteiger partial charge in [0.1, 0.15) is 11.5 Å². The number of nitrogens with zero attached hydrogens (tertiary/aromatic N) is 5. The molecule has 0 bridgehead atoms. The van der Waals surface area contributed by atoms with E-state index in [9.17, 15) is 4.39 Å². The molecule has 27 heavy (non-hydrogen) atoms. The zero-order valence-corrected chi connectivity index (χ0v) is 15.7. The molecule has 0 N–H and O–H groups in total. The van der Waals surface area contributed by atoms with Gasteiger partial charge in [0.15, 0.2) is 11.6 Å². The van der Waals surface area contributed by atoms with E-state index >= 15 is 0 Å². The van der Waals surface area contributed by atoms with E-state index in [1.807, 2.05) is 24.3 Å². The Balaban J connectivity index is 1.81. The molecular formula is C20H19ClFN5. The monoisotopic (exact) mass is 383 g/mol. The molecule has 0 amide bonds. The molecule has 7 heteroatoms. The van der Waals surface area contributed by atoms with Crippen molar-refractivity contribution in [2.45, 2.75) is 0 Å². The van der Waals surface area contributed by atoms with E-state index < -0.39 is 0 Å². The molecule has 0 unspecified atom stereocenters. The smallest absolute Gasteiger partial charge is 0.186 e. The van der Waals surface area contributed by atoms with Crippen LogP contribution in [-0.2, 0) is 0 Å². The SMILES string of the molecule is CN1CCN(c2nc(-c3ccccc3F)nnc2-c2ccc(Cl)cc2)CC1. The van der Waals surface area contributed by atoms with E-state index in [-0.39, 0.29) is 5.82 Å². The van der Waals surface area contributed by atoms with E-state index in [1.165, 1.54) is 6.07 Å². The summed E-state index contributed by atoms with van der Waals surface area (Å²) in [7, 11) is 2.10. The van der Waals surface area contributed by atoms with E-state index in [0.717, 1.165) is 37.6 Å². The van der Waals surface area contributed by atoms with Gasteiger partial charge in [-0.2, -0.15) is 0 Å². The molecule has 4 rings (SSSR count). The fraction of sp³-hybridized carbons (Fsp3) is 0.250. The summed E-state index contributed by atoms with van der Waals surface area (Å²) < 4.78 is 14.2. The predicted molar refractivity (Wildman–Crippen MR) is 105 cm³/mol. The number of anilines is 1. The van der Waals surface area contributed by atoms with Crippen LogP contribution >= 0.6 is 11.6 Å². The number of benzene rings is 2. The van der Waals surface area contributed by atoms with Crippen LogP contribution in [0.25, 0.3) is 22.6 Å². The summed E-state index contributed by atoms with van der Waals surface area (Å²) in [6, 6.07) is 13.9. The van der Waals surface area contributed by atoms with Gasteiger partial charge in [-0.05, 0) is 31.3 Å². The molecule has 1 fully saturated rings. The van der Waals surface area contributed by atoms with Crippen molar-refractivity contribution in [3.8, 4) is 22.6 Å². The second-order valence-electron chi connectivity index (χ2n) is 6.58. The Bertz CT molecular complexity index is 939. The topological polar surface area (TPSA) is 45.2 Å². The molecule has 1 aliphatic heterocycles. The van der Waals surface area contributed by atoms with Crippen LogP contribution in [-0.4, -0.2) is 53.3 Å². The van der Waals surface area contributed by atoms with Crippen molar-refractivity contribution in [3.05, 3.63) is 59.4 Å². The zero-order chi connectivity index (χ0) is 18.8. The Hall–Kier alpha value is -2.57. The summed E-state index contributed by atoms with van der Waals surface area (Å²) in [6.07, 6.45) is 0. The normalized spacial score (nSPS) is 15.1. The maximum atomic E-state index is 14.2. The lowest BCUT2D eigenvalue weighted by atomic mass is 10.1. The molecule has 1 aliphatic rings. The molecule has 0 spiro atoms. The van der Waals surface area contributed by atoms with Crippen molar-refractivity contribution >= 4 is 17.4 Å². The number of halogens is 2. The first-order valence-electron chi connectivity index (χ1n) is 8.81. The van der Waals surface area contributed by atoms with Crippen LogP contribution in [0.15, 0.2) is 48.5 Å². The third-order valence-corrected chi connectivity index (χ3v) is 4.96. The first-order valence-corrected chi connectivity index (χ1v) is 9.18. The number of rotatable bonds is 3. The summed E-state index contributed by atoms with van der Waals surface area (Å²) in [5.41, 5.74) is 1.91. The second kappa shape index (κ2) is 7.58. The van der Waals surface area contributed by atoms with Gasteiger partial charge in [0.05, 0.1) is 5.56 Å². The highest BCUT2D eigenvalue weighted by atomic mass is 35.5. The minimum Gasteiger partial charge on any atom is -0.352 e. The Morgan fingerprint density at radius 2 is 1.63 bits per heavy atom. The quantitative estimate of drug-likeness (QED) is 0.689. The number of piperazine rings is 1. The number of aromatic nitrogens is 3. The zero-order valence-electron chi connectivity index (χ0n) is 14.9. The molecule has 5 nitrogen and oxygen atoms in total. The van der Waals surface area contributed by atoms with E-state index in [2.05, 4.69) is 27.0 Å². The third kappa shape index (κ3) is 3.77. The van der Waals surface area contributed by atoms with Gasteiger partial charge in [-0.25, -0.2) is 9.37 Å². The standard InChI is InChI=1S/C20H19ClFN5/c1-26-10-12-27(13-11-26)20-18(14-6-8-15(21)9-7-14)24-25-19(23-20)16-4-2-3-5-17(16)22/h2-9H,10-13H2,1H3. The first-order chi connectivity index (χ1) is 13.1. The highest BCUT2D eigenvalue weighted by molar-refractivity contribution is 6.30. The molecular weight excluding hydrogens is 365 g/mol. The van der Waals surface area contributed by atoms with E-state index in [1.54, 1.807) is 18.2 Å². The maximum absolute atomic E-state index is 14.2. The van der Waals surface area contributed by atoms with Crippen molar-refractivity contribution in [1.29, 1.82) is 0 Å². The predicted octanol–water partition coefficient (Wildman–Crippen LogP) is 3.75. The summed E-state index contributed by atoms with van der Waals surface area (Å²) in [4.78, 5) is 9.16. The minimum absolute atomic E-state index is 0.291. The van der Waals surface area contributed by atoms with Gasteiger partial charge in [0, 0.05) is 36.8 Å². The van der Waals surface area contributed by atoms with Crippen molar-refractivity contribution in [1.82, 2.24) is 20.1 Å². The lowest BCUT2D eigenvalue weighted by molar-refractivity contribution is 0.312. The van der Waals surface area contributed by atoms with Gasteiger partial charge >= 0.3 is 0 Å². The highest BCUT2D eigenvalue weighted by Gasteiger charge is 2.22. The highest BCUT2D eigenvalue weighted by Crippen LogP contribution is 2.30. The van der Waals surface area contributed by atoms with Gasteiger partial charge in [0.2, 0.25) is 0 Å². The maximum Gasteiger partial charge on any atom is 0.186 e. The largest absolute Gasteiger partial charge is 0.352 e. The third-order valence-electron chi connectivity index (χ3n) is 4.70. The van der Waals surface area contributed by atoms with Crippen LogP contribution in [0.1, 0.15) is 0 Å². The second-order valence-corrected chi connectivity index (χ2v) is 7.02. The Morgan fingerprint density at radius 3 is 2.33 bits per heavy atom. The molecule has 0 atom stereocenters. The Morgan fingerprint density at radius 1 is 0.926 bits per heavy atom.